The monoisotopic (exact) mass is 230 g/mol. The molecule has 0 aliphatic rings. The second-order valence-electron chi connectivity index (χ2n) is 2.50. The molecule has 0 fully saturated rings. The SMILES string of the molecule is Fc1cccc(C(F)(F)F)c1C(F)Cl. The topological polar surface area (TPSA) is 0 Å². The fraction of sp³-hybridized carbons (Fsp3) is 0.250. The molecule has 1 atom stereocenters. The molecule has 1 aromatic rings. The van der Waals surface area contributed by atoms with Gasteiger partial charge in [0, 0.05) is 5.56 Å². The molecule has 0 aliphatic heterocycles. The molecule has 0 N–H and O–H groups in total. The van der Waals surface area contributed by atoms with Crippen LogP contribution in [0.3, 0.4) is 0 Å². The van der Waals surface area contributed by atoms with Crippen molar-refractivity contribution in [1.29, 1.82) is 0 Å². The van der Waals surface area contributed by atoms with E-state index in [1.807, 2.05) is 0 Å². The van der Waals surface area contributed by atoms with Gasteiger partial charge in [0.15, 0.2) is 0 Å². The molecular weight excluding hydrogens is 227 g/mol. The van der Waals surface area contributed by atoms with Crippen molar-refractivity contribution in [3.8, 4) is 0 Å². The second kappa shape index (κ2) is 3.73. The van der Waals surface area contributed by atoms with E-state index in [0.717, 1.165) is 12.1 Å². The molecule has 0 aliphatic carbocycles. The first-order valence-corrected chi connectivity index (χ1v) is 3.91. The highest BCUT2D eigenvalue weighted by Crippen LogP contribution is 2.38. The highest BCUT2D eigenvalue weighted by molar-refractivity contribution is 6.19. The molecule has 78 valence electrons. The van der Waals surface area contributed by atoms with E-state index in [2.05, 4.69) is 0 Å². The molecule has 0 aromatic heterocycles. The van der Waals surface area contributed by atoms with Gasteiger partial charge in [0.05, 0.1) is 5.56 Å². The van der Waals surface area contributed by atoms with Crippen LogP contribution in [0.15, 0.2) is 18.2 Å². The normalized spacial score (nSPS) is 14.1. The third-order valence-corrected chi connectivity index (χ3v) is 1.79. The first-order chi connectivity index (χ1) is 6.34. The van der Waals surface area contributed by atoms with Crippen LogP contribution in [0.5, 0.6) is 0 Å². The van der Waals surface area contributed by atoms with Gasteiger partial charge in [0.1, 0.15) is 5.82 Å². The van der Waals surface area contributed by atoms with E-state index >= 15 is 0 Å². The summed E-state index contributed by atoms with van der Waals surface area (Å²) in [5, 5.41) is 0. The lowest BCUT2D eigenvalue weighted by Gasteiger charge is -2.12. The molecule has 6 heteroatoms. The molecule has 0 saturated carbocycles. The fourth-order valence-electron chi connectivity index (χ4n) is 1.01. The van der Waals surface area contributed by atoms with Gasteiger partial charge in [-0.1, -0.05) is 17.7 Å². The first kappa shape index (κ1) is 11.2. The van der Waals surface area contributed by atoms with Crippen LogP contribution in [-0.4, -0.2) is 0 Å². The van der Waals surface area contributed by atoms with Gasteiger partial charge >= 0.3 is 6.18 Å². The molecule has 0 amide bonds. The van der Waals surface area contributed by atoms with E-state index in [0.29, 0.717) is 6.07 Å². The van der Waals surface area contributed by atoms with Crippen LogP contribution in [0.25, 0.3) is 0 Å². The lowest BCUT2D eigenvalue weighted by molar-refractivity contribution is -0.138. The van der Waals surface area contributed by atoms with Gasteiger partial charge in [-0.05, 0) is 12.1 Å². The predicted molar refractivity (Wildman–Crippen MR) is 41.1 cm³/mol. The lowest BCUT2D eigenvalue weighted by atomic mass is 10.1. The van der Waals surface area contributed by atoms with E-state index in [4.69, 9.17) is 11.6 Å². The maximum Gasteiger partial charge on any atom is 0.416 e. The second-order valence-corrected chi connectivity index (χ2v) is 2.88. The van der Waals surface area contributed by atoms with E-state index < -0.39 is 28.8 Å². The van der Waals surface area contributed by atoms with Crippen LogP contribution in [0, 0.1) is 5.82 Å². The number of hydrogen-bond acceptors (Lipinski definition) is 0. The summed E-state index contributed by atoms with van der Waals surface area (Å²) in [7, 11) is 0. The first-order valence-electron chi connectivity index (χ1n) is 3.48. The van der Waals surface area contributed by atoms with Crippen LogP contribution in [-0.2, 0) is 6.18 Å². The molecule has 0 bridgehead atoms. The molecule has 14 heavy (non-hydrogen) atoms. The summed E-state index contributed by atoms with van der Waals surface area (Å²) in [6.07, 6.45) is -4.81. The summed E-state index contributed by atoms with van der Waals surface area (Å²) in [6.45, 7) is 0. The average Bonchev–Trinajstić information content (AvgIpc) is 2.01. The van der Waals surface area contributed by atoms with E-state index in [9.17, 15) is 22.0 Å². The van der Waals surface area contributed by atoms with Crippen molar-refractivity contribution in [2.24, 2.45) is 0 Å². The van der Waals surface area contributed by atoms with Gasteiger partial charge in [-0.25, -0.2) is 8.78 Å². The van der Waals surface area contributed by atoms with Crippen molar-refractivity contribution in [3.63, 3.8) is 0 Å². The zero-order valence-corrected chi connectivity index (χ0v) is 7.33. The van der Waals surface area contributed by atoms with Crippen molar-refractivity contribution in [3.05, 3.63) is 35.1 Å². The number of rotatable bonds is 1. The Labute approximate surface area is 81.3 Å². The Morgan fingerprint density at radius 1 is 1.21 bits per heavy atom. The maximum absolute atomic E-state index is 12.8. The fourth-order valence-corrected chi connectivity index (χ4v) is 1.23. The van der Waals surface area contributed by atoms with Crippen molar-refractivity contribution < 1.29 is 22.0 Å². The summed E-state index contributed by atoms with van der Waals surface area (Å²) in [5.41, 5.74) is -5.06. The molecular formula is C8H4ClF5. The van der Waals surface area contributed by atoms with Crippen molar-refractivity contribution in [2.75, 3.05) is 0 Å². The van der Waals surface area contributed by atoms with Crippen LogP contribution >= 0.6 is 11.6 Å². The van der Waals surface area contributed by atoms with E-state index in [1.54, 1.807) is 0 Å². The molecule has 1 unspecified atom stereocenters. The Bertz CT molecular complexity index is 331. The van der Waals surface area contributed by atoms with Crippen molar-refractivity contribution in [2.45, 2.75) is 11.8 Å². The zero-order valence-electron chi connectivity index (χ0n) is 6.58. The van der Waals surface area contributed by atoms with Crippen molar-refractivity contribution in [1.82, 2.24) is 0 Å². The average molecular weight is 231 g/mol. The summed E-state index contributed by atoms with van der Waals surface area (Å²) >= 11 is 4.81. The van der Waals surface area contributed by atoms with Crippen LogP contribution in [0.2, 0.25) is 0 Å². The number of alkyl halides is 5. The number of benzene rings is 1. The third kappa shape index (κ3) is 2.15. The van der Waals surface area contributed by atoms with Gasteiger partial charge < -0.3 is 0 Å². The molecule has 1 rings (SSSR count). The number of hydrogen-bond donors (Lipinski definition) is 0. The Hall–Kier alpha value is -0.840. The minimum Gasteiger partial charge on any atom is -0.224 e. The minimum absolute atomic E-state index is 0.577. The third-order valence-electron chi connectivity index (χ3n) is 1.58. The molecule has 0 nitrogen and oxygen atoms in total. The largest absolute Gasteiger partial charge is 0.416 e. The van der Waals surface area contributed by atoms with Gasteiger partial charge in [-0.3, -0.25) is 0 Å². The van der Waals surface area contributed by atoms with Crippen molar-refractivity contribution >= 4 is 11.6 Å². The molecule has 0 radical (unpaired) electrons. The summed E-state index contributed by atoms with van der Waals surface area (Å²) < 4.78 is 61.9. The lowest BCUT2D eigenvalue weighted by Crippen LogP contribution is -2.10. The number of halogens is 6. The zero-order chi connectivity index (χ0) is 10.9. The van der Waals surface area contributed by atoms with Gasteiger partial charge in [0.25, 0.3) is 0 Å². The molecule has 0 heterocycles. The Balaban J connectivity index is 3.36. The molecule has 1 aromatic carbocycles. The molecule has 0 saturated heterocycles. The van der Waals surface area contributed by atoms with Gasteiger partial charge in [-0.2, -0.15) is 13.2 Å². The van der Waals surface area contributed by atoms with E-state index in [1.165, 1.54) is 0 Å². The molecule has 0 spiro atoms. The highest BCUT2D eigenvalue weighted by Gasteiger charge is 2.36. The standard InChI is InChI=1S/C8H4ClF5/c9-7(11)6-4(8(12,13)14)2-1-3-5(6)10/h1-3,7H. The Morgan fingerprint density at radius 3 is 2.14 bits per heavy atom. The van der Waals surface area contributed by atoms with Crippen LogP contribution in [0.1, 0.15) is 16.8 Å². The minimum atomic E-state index is -4.81. The van der Waals surface area contributed by atoms with Gasteiger partial charge in [0.2, 0.25) is 5.63 Å². The smallest absolute Gasteiger partial charge is 0.224 e. The summed E-state index contributed by atoms with van der Waals surface area (Å²) in [5.74, 6) is -1.30. The Kier molecular flexibility index (Phi) is 2.99. The quantitative estimate of drug-likeness (QED) is 0.504. The summed E-state index contributed by atoms with van der Waals surface area (Å²) in [6, 6.07) is 2.15. The maximum atomic E-state index is 12.8. The Morgan fingerprint density at radius 2 is 1.79 bits per heavy atom. The van der Waals surface area contributed by atoms with E-state index in [-0.39, 0.29) is 0 Å². The summed E-state index contributed by atoms with van der Waals surface area (Å²) in [4.78, 5) is 0. The highest BCUT2D eigenvalue weighted by atomic mass is 35.5. The predicted octanol–water partition coefficient (Wildman–Crippen LogP) is 4.05. The van der Waals surface area contributed by atoms with Crippen LogP contribution in [0.4, 0.5) is 22.0 Å². The van der Waals surface area contributed by atoms with Crippen LogP contribution < -0.4 is 0 Å². The van der Waals surface area contributed by atoms with Gasteiger partial charge in [-0.15, -0.1) is 0 Å².